The molecule has 0 bridgehead atoms. The molecule has 1 atom stereocenters. The normalized spacial score (nSPS) is 17.2. The van der Waals surface area contributed by atoms with Crippen molar-refractivity contribution in [3.63, 3.8) is 0 Å². The van der Waals surface area contributed by atoms with Gasteiger partial charge >= 0.3 is 0 Å². The van der Waals surface area contributed by atoms with Crippen molar-refractivity contribution in [2.45, 2.75) is 44.4 Å². The van der Waals surface area contributed by atoms with Gasteiger partial charge < -0.3 is 10.1 Å². The van der Waals surface area contributed by atoms with Gasteiger partial charge in [0.1, 0.15) is 16.5 Å². The number of nitrogens with zero attached hydrogens (tertiary/aromatic N) is 1. The molecule has 0 spiro atoms. The first-order valence-electron chi connectivity index (χ1n) is 10.7. The van der Waals surface area contributed by atoms with Crippen molar-refractivity contribution in [2.24, 2.45) is 5.92 Å². The van der Waals surface area contributed by atoms with E-state index in [0.29, 0.717) is 12.8 Å². The molecular formula is C23H28BrFN2O4S. The number of carbonyl (C=O) groups is 1. The van der Waals surface area contributed by atoms with Crippen molar-refractivity contribution in [1.82, 2.24) is 4.31 Å². The molecule has 32 heavy (non-hydrogen) atoms. The van der Waals surface area contributed by atoms with E-state index in [1.54, 1.807) is 0 Å². The average molecular weight is 527 g/mol. The van der Waals surface area contributed by atoms with Crippen LogP contribution < -0.4 is 10.1 Å². The molecule has 0 aliphatic carbocycles. The van der Waals surface area contributed by atoms with E-state index < -0.39 is 21.8 Å². The summed E-state index contributed by atoms with van der Waals surface area (Å²) in [6.07, 6.45) is 2.63. The lowest BCUT2D eigenvalue weighted by atomic mass is 9.97. The van der Waals surface area contributed by atoms with Crippen LogP contribution in [0.3, 0.4) is 0 Å². The zero-order valence-electron chi connectivity index (χ0n) is 18.5. The molecular weight excluding hydrogens is 499 g/mol. The summed E-state index contributed by atoms with van der Waals surface area (Å²) in [5, 5.41) is 3.06. The van der Waals surface area contributed by atoms with Crippen LogP contribution >= 0.6 is 15.9 Å². The van der Waals surface area contributed by atoms with Gasteiger partial charge in [0.25, 0.3) is 0 Å². The molecule has 0 aromatic heterocycles. The number of sulfonamides is 1. The number of anilines is 1. The van der Waals surface area contributed by atoms with Crippen molar-refractivity contribution < 1.29 is 22.3 Å². The van der Waals surface area contributed by atoms with E-state index in [-0.39, 0.29) is 29.6 Å². The zero-order valence-corrected chi connectivity index (χ0v) is 20.9. The molecule has 0 unspecified atom stereocenters. The molecule has 174 valence electrons. The van der Waals surface area contributed by atoms with Gasteiger partial charge in [-0.15, -0.1) is 0 Å². The van der Waals surface area contributed by atoms with Crippen LogP contribution in [-0.2, 0) is 27.7 Å². The van der Waals surface area contributed by atoms with Crippen molar-refractivity contribution in [2.75, 3.05) is 25.5 Å². The number of halogens is 2. The molecule has 6 nitrogen and oxygen atoms in total. The zero-order chi connectivity index (χ0) is 23.5. The number of ether oxygens (including phenoxy) is 1. The lowest BCUT2D eigenvalue weighted by molar-refractivity contribution is -0.120. The fourth-order valence-corrected chi connectivity index (χ4v) is 6.28. The quantitative estimate of drug-likeness (QED) is 0.564. The first-order valence-corrected chi connectivity index (χ1v) is 12.9. The second-order valence-electron chi connectivity index (χ2n) is 7.79. The number of benzene rings is 2. The summed E-state index contributed by atoms with van der Waals surface area (Å²) in [5.41, 5.74) is 2.85. The predicted molar refractivity (Wildman–Crippen MR) is 126 cm³/mol. The number of rotatable bonds is 7. The Balaban J connectivity index is 1.84. The van der Waals surface area contributed by atoms with Gasteiger partial charge in [-0.05, 0) is 67.1 Å². The van der Waals surface area contributed by atoms with Crippen molar-refractivity contribution in [1.29, 1.82) is 0 Å². The molecule has 2 aromatic rings. The molecule has 1 heterocycles. The topological polar surface area (TPSA) is 75.7 Å². The van der Waals surface area contributed by atoms with Gasteiger partial charge in [-0.25, -0.2) is 12.8 Å². The Hall–Kier alpha value is -1.97. The van der Waals surface area contributed by atoms with Gasteiger partial charge in [-0.1, -0.05) is 29.8 Å². The number of aryl methyl sites for hydroxylation is 2. The molecule has 1 saturated heterocycles. The van der Waals surface area contributed by atoms with Gasteiger partial charge in [-0.2, -0.15) is 4.31 Å². The van der Waals surface area contributed by atoms with Crippen LogP contribution in [0.2, 0.25) is 0 Å². The number of hydrogen-bond donors (Lipinski definition) is 1. The number of nitrogens with one attached hydrogen (secondary N) is 1. The highest BCUT2D eigenvalue weighted by Gasteiger charge is 2.35. The molecule has 1 amide bonds. The third-order valence-electron chi connectivity index (χ3n) is 5.77. The Labute approximate surface area is 197 Å². The molecule has 0 radical (unpaired) electrons. The SMILES string of the molecule is CCc1cc(Br)cc(CC)c1NC(=O)[C@H]1CCCN(S(=O)(=O)c2cc(F)ccc2OC)C1. The predicted octanol–water partition coefficient (Wildman–Crippen LogP) is 4.76. The summed E-state index contributed by atoms with van der Waals surface area (Å²) >= 11 is 3.52. The second-order valence-corrected chi connectivity index (χ2v) is 10.6. The Morgan fingerprint density at radius 3 is 2.47 bits per heavy atom. The number of methoxy groups -OCH3 is 1. The van der Waals surface area contributed by atoms with Gasteiger partial charge in [0.2, 0.25) is 15.9 Å². The minimum absolute atomic E-state index is 0.0350. The molecule has 2 aromatic carbocycles. The summed E-state index contributed by atoms with van der Waals surface area (Å²) in [6.45, 7) is 4.36. The van der Waals surface area contributed by atoms with Crippen LogP contribution in [0.25, 0.3) is 0 Å². The number of piperidine rings is 1. The molecule has 1 fully saturated rings. The van der Waals surface area contributed by atoms with Crippen LogP contribution in [0.5, 0.6) is 5.75 Å². The van der Waals surface area contributed by atoms with Crippen molar-refractivity contribution in [3.05, 3.63) is 51.7 Å². The van der Waals surface area contributed by atoms with Crippen molar-refractivity contribution >= 4 is 37.5 Å². The Bertz CT molecular complexity index is 1080. The van der Waals surface area contributed by atoms with Gasteiger partial charge in [0.05, 0.1) is 13.0 Å². The van der Waals surface area contributed by atoms with E-state index >= 15 is 0 Å². The summed E-state index contributed by atoms with van der Waals surface area (Å²) in [7, 11) is -2.67. The fraction of sp³-hybridized carbons (Fsp3) is 0.435. The molecule has 1 aliphatic rings. The van der Waals surface area contributed by atoms with Gasteiger partial charge in [-0.3, -0.25) is 4.79 Å². The average Bonchev–Trinajstić information content (AvgIpc) is 2.79. The van der Waals surface area contributed by atoms with Crippen LogP contribution in [-0.4, -0.2) is 38.8 Å². The van der Waals surface area contributed by atoms with E-state index in [4.69, 9.17) is 4.74 Å². The van der Waals surface area contributed by atoms with E-state index in [0.717, 1.165) is 46.3 Å². The maximum Gasteiger partial charge on any atom is 0.246 e. The lowest BCUT2D eigenvalue weighted by Crippen LogP contribution is -2.43. The summed E-state index contributed by atoms with van der Waals surface area (Å²) < 4.78 is 47.6. The fourth-order valence-electron chi connectivity index (χ4n) is 4.03. The monoisotopic (exact) mass is 526 g/mol. The van der Waals surface area contributed by atoms with Crippen LogP contribution in [0.1, 0.15) is 37.8 Å². The van der Waals surface area contributed by atoms with Crippen LogP contribution in [0.4, 0.5) is 10.1 Å². The van der Waals surface area contributed by atoms with E-state index in [9.17, 15) is 17.6 Å². The first kappa shape index (κ1) is 24.7. The lowest BCUT2D eigenvalue weighted by Gasteiger charge is -2.32. The Morgan fingerprint density at radius 1 is 1.22 bits per heavy atom. The molecule has 1 N–H and O–H groups in total. The van der Waals surface area contributed by atoms with E-state index in [1.165, 1.54) is 17.5 Å². The highest BCUT2D eigenvalue weighted by molar-refractivity contribution is 9.10. The summed E-state index contributed by atoms with van der Waals surface area (Å²) in [4.78, 5) is 12.9. The van der Waals surface area contributed by atoms with Gasteiger partial charge in [0.15, 0.2) is 0 Å². The Morgan fingerprint density at radius 2 is 1.88 bits per heavy atom. The number of amides is 1. The number of hydrogen-bond acceptors (Lipinski definition) is 4. The summed E-state index contributed by atoms with van der Waals surface area (Å²) in [5.74, 6) is -1.29. The third-order valence-corrected chi connectivity index (χ3v) is 8.12. The van der Waals surface area contributed by atoms with E-state index in [2.05, 4.69) is 21.2 Å². The highest BCUT2D eigenvalue weighted by Crippen LogP contribution is 2.32. The smallest absolute Gasteiger partial charge is 0.246 e. The number of carbonyl (C=O) groups excluding carboxylic acids is 1. The molecule has 9 heteroatoms. The Kier molecular flexibility index (Phi) is 7.95. The van der Waals surface area contributed by atoms with Crippen molar-refractivity contribution in [3.8, 4) is 5.75 Å². The largest absolute Gasteiger partial charge is 0.495 e. The molecule has 1 aliphatic heterocycles. The molecule has 3 rings (SSSR count). The van der Waals surface area contributed by atoms with Crippen LogP contribution in [0, 0.1) is 11.7 Å². The molecule has 0 saturated carbocycles. The second kappa shape index (κ2) is 10.3. The maximum atomic E-state index is 13.8. The third kappa shape index (κ3) is 5.15. The maximum absolute atomic E-state index is 13.8. The highest BCUT2D eigenvalue weighted by atomic mass is 79.9. The minimum Gasteiger partial charge on any atom is -0.495 e. The summed E-state index contributed by atoms with van der Waals surface area (Å²) in [6, 6.07) is 7.38. The van der Waals surface area contributed by atoms with Gasteiger partial charge in [0, 0.05) is 23.2 Å². The first-order chi connectivity index (χ1) is 15.2. The standard InChI is InChI=1S/C23H28BrFN2O4S/c1-4-15-11-18(24)12-16(5-2)22(15)26-23(28)17-7-6-10-27(14-17)32(29,30)21-13-19(25)8-9-20(21)31-3/h8-9,11-13,17H,4-7,10,14H2,1-3H3,(H,26,28)/t17-/m0/s1. The van der Waals surface area contributed by atoms with E-state index in [1.807, 2.05) is 26.0 Å². The van der Waals surface area contributed by atoms with Crippen LogP contribution in [0.15, 0.2) is 39.7 Å². The minimum atomic E-state index is -4.02.